The molecule has 27 heavy (non-hydrogen) atoms. The Hall–Kier alpha value is -2.60. The van der Waals surface area contributed by atoms with Crippen LogP contribution in [-0.4, -0.2) is 34.7 Å². The van der Waals surface area contributed by atoms with E-state index >= 15 is 0 Å². The van der Waals surface area contributed by atoms with Gasteiger partial charge in [-0.2, -0.15) is 5.10 Å². The number of amides is 1. The number of hydrogen-bond acceptors (Lipinski definition) is 3. The Bertz CT molecular complexity index is 950. The Balaban J connectivity index is 1.88. The van der Waals surface area contributed by atoms with Crippen molar-refractivity contribution in [2.24, 2.45) is 0 Å². The summed E-state index contributed by atoms with van der Waals surface area (Å²) in [5.74, 6) is 0.696. The Morgan fingerprint density at radius 3 is 2.52 bits per heavy atom. The molecule has 0 aliphatic carbocycles. The Morgan fingerprint density at radius 1 is 1.19 bits per heavy atom. The average molecular weight is 428 g/mol. The molecule has 0 fully saturated rings. The number of rotatable bonds is 5. The van der Waals surface area contributed by atoms with E-state index in [1.807, 2.05) is 62.4 Å². The summed E-state index contributed by atoms with van der Waals surface area (Å²) in [4.78, 5) is 14.8. The van der Waals surface area contributed by atoms with Gasteiger partial charge in [0.25, 0.3) is 5.91 Å². The molecule has 1 heterocycles. The molecule has 0 unspecified atom stereocenters. The monoisotopic (exact) mass is 427 g/mol. The zero-order chi connectivity index (χ0) is 19.6. The van der Waals surface area contributed by atoms with Gasteiger partial charge >= 0.3 is 0 Å². The van der Waals surface area contributed by atoms with Crippen LogP contribution in [0.1, 0.15) is 34.6 Å². The van der Waals surface area contributed by atoms with Gasteiger partial charge in [0.05, 0.1) is 36.3 Å². The van der Waals surface area contributed by atoms with Gasteiger partial charge in [-0.15, -0.1) is 0 Å². The van der Waals surface area contributed by atoms with E-state index in [4.69, 9.17) is 4.74 Å². The van der Waals surface area contributed by atoms with Gasteiger partial charge < -0.3 is 9.64 Å². The molecule has 1 atom stereocenters. The zero-order valence-corrected chi connectivity index (χ0v) is 17.4. The number of aromatic nitrogens is 2. The smallest absolute Gasteiger partial charge is 0.257 e. The maximum absolute atomic E-state index is 13.1. The first-order valence-electron chi connectivity index (χ1n) is 8.64. The van der Waals surface area contributed by atoms with Crippen molar-refractivity contribution in [3.63, 3.8) is 0 Å². The molecule has 3 aromatic rings. The highest BCUT2D eigenvalue weighted by Gasteiger charge is 2.24. The van der Waals surface area contributed by atoms with E-state index in [1.165, 1.54) is 0 Å². The van der Waals surface area contributed by atoms with Crippen molar-refractivity contribution >= 4 is 21.8 Å². The lowest BCUT2D eigenvalue weighted by Gasteiger charge is -2.26. The number of hydrogen-bond donors (Lipinski definition) is 0. The third-order valence-corrected chi connectivity index (χ3v) is 5.33. The molecule has 140 valence electrons. The molecule has 0 bridgehead atoms. The standard InChI is InChI=1S/C21H22BrN3O2/c1-14(18-7-5-6-8-20(18)27-4)24(3)21(26)19-13-23-25(15(19)2)17-11-9-16(22)10-12-17/h5-14H,1-4H3/t14-/m1/s1. The van der Waals surface area contributed by atoms with Crippen molar-refractivity contribution < 1.29 is 9.53 Å². The molecule has 0 saturated heterocycles. The van der Waals surface area contributed by atoms with Gasteiger partial charge in [0, 0.05) is 17.1 Å². The molecular weight excluding hydrogens is 406 g/mol. The van der Waals surface area contributed by atoms with Crippen molar-refractivity contribution in [2.45, 2.75) is 19.9 Å². The molecule has 0 spiro atoms. The van der Waals surface area contributed by atoms with Crippen LogP contribution in [0.3, 0.4) is 0 Å². The average Bonchev–Trinajstić information content (AvgIpc) is 3.08. The maximum atomic E-state index is 13.1. The number of ether oxygens (including phenoxy) is 1. The first-order valence-corrected chi connectivity index (χ1v) is 9.44. The topological polar surface area (TPSA) is 47.4 Å². The molecule has 1 amide bonds. The van der Waals surface area contributed by atoms with Crippen molar-refractivity contribution in [3.05, 3.63) is 76.0 Å². The summed E-state index contributed by atoms with van der Waals surface area (Å²) in [6.45, 7) is 3.90. The quantitative estimate of drug-likeness (QED) is 0.588. The van der Waals surface area contributed by atoms with Gasteiger partial charge in [0.15, 0.2) is 0 Å². The van der Waals surface area contributed by atoms with Gasteiger partial charge in [0.1, 0.15) is 5.75 Å². The van der Waals surface area contributed by atoms with E-state index in [9.17, 15) is 4.79 Å². The molecular formula is C21H22BrN3O2. The van der Waals surface area contributed by atoms with Crippen LogP contribution in [0, 0.1) is 6.92 Å². The normalized spacial score (nSPS) is 11.9. The van der Waals surface area contributed by atoms with E-state index in [1.54, 1.807) is 29.9 Å². The summed E-state index contributed by atoms with van der Waals surface area (Å²) in [6, 6.07) is 15.4. The maximum Gasteiger partial charge on any atom is 0.257 e. The molecule has 0 radical (unpaired) electrons. The molecule has 0 saturated carbocycles. The van der Waals surface area contributed by atoms with Crippen LogP contribution in [0.25, 0.3) is 5.69 Å². The zero-order valence-electron chi connectivity index (χ0n) is 15.8. The lowest BCUT2D eigenvalue weighted by Crippen LogP contribution is -2.30. The minimum Gasteiger partial charge on any atom is -0.496 e. The van der Waals surface area contributed by atoms with Crippen molar-refractivity contribution in [2.75, 3.05) is 14.2 Å². The molecule has 2 aromatic carbocycles. The fourth-order valence-electron chi connectivity index (χ4n) is 3.05. The summed E-state index contributed by atoms with van der Waals surface area (Å²) < 4.78 is 8.22. The number of nitrogens with zero attached hydrogens (tertiary/aromatic N) is 3. The summed E-state index contributed by atoms with van der Waals surface area (Å²) in [6.07, 6.45) is 1.63. The molecule has 0 N–H and O–H groups in total. The molecule has 1 aromatic heterocycles. The van der Waals surface area contributed by atoms with Gasteiger partial charge in [-0.25, -0.2) is 4.68 Å². The van der Waals surface area contributed by atoms with E-state index in [0.717, 1.165) is 27.2 Å². The number of carbonyl (C=O) groups excluding carboxylic acids is 1. The largest absolute Gasteiger partial charge is 0.496 e. The van der Waals surface area contributed by atoms with E-state index in [2.05, 4.69) is 21.0 Å². The molecule has 6 heteroatoms. The van der Waals surface area contributed by atoms with E-state index in [-0.39, 0.29) is 11.9 Å². The first-order chi connectivity index (χ1) is 12.9. The van der Waals surface area contributed by atoms with Crippen LogP contribution in [0.2, 0.25) is 0 Å². The molecule has 5 nitrogen and oxygen atoms in total. The van der Waals surface area contributed by atoms with Crippen LogP contribution in [0.15, 0.2) is 59.2 Å². The Kier molecular flexibility index (Phi) is 5.65. The van der Waals surface area contributed by atoms with Gasteiger partial charge in [0.2, 0.25) is 0 Å². The minimum atomic E-state index is -0.135. The second kappa shape index (κ2) is 7.96. The minimum absolute atomic E-state index is 0.0748. The highest BCUT2D eigenvalue weighted by Crippen LogP contribution is 2.29. The third kappa shape index (κ3) is 3.76. The molecule has 3 rings (SSSR count). The van der Waals surface area contributed by atoms with Gasteiger partial charge in [-0.1, -0.05) is 34.1 Å². The van der Waals surface area contributed by atoms with E-state index < -0.39 is 0 Å². The predicted molar refractivity (Wildman–Crippen MR) is 110 cm³/mol. The number of para-hydroxylation sites is 1. The summed E-state index contributed by atoms with van der Waals surface area (Å²) in [5.41, 5.74) is 3.27. The predicted octanol–water partition coefficient (Wildman–Crippen LogP) is 4.79. The van der Waals surface area contributed by atoms with Crippen LogP contribution in [0.5, 0.6) is 5.75 Å². The summed E-state index contributed by atoms with van der Waals surface area (Å²) in [5, 5.41) is 4.41. The Morgan fingerprint density at radius 2 is 1.85 bits per heavy atom. The molecule has 0 aliphatic rings. The highest BCUT2D eigenvalue weighted by atomic mass is 79.9. The first kappa shape index (κ1) is 19.2. The van der Waals surface area contributed by atoms with Crippen molar-refractivity contribution in [1.82, 2.24) is 14.7 Å². The van der Waals surface area contributed by atoms with Crippen LogP contribution >= 0.6 is 15.9 Å². The second-order valence-corrected chi connectivity index (χ2v) is 7.28. The third-order valence-electron chi connectivity index (χ3n) is 4.80. The van der Waals surface area contributed by atoms with Crippen LogP contribution in [-0.2, 0) is 0 Å². The number of methoxy groups -OCH3 is 1. The number of benzene rings is 2. The highest BCUT2D eigenvalue weighted by molar-refractivity contribution is 9.10. The molecule has 0 aliphatic heterocycles. The number of halogens is 1. The fraction of sp³-hybridized carbons (Fsp3) is 0.238. The van der Waals surface area contributed by atoms with Crippen molar-refractivity contribution in [1.29, 1.82) is 0 Å². The van der Waals surface area contributed by atoms with Gasteiger partial charge in [-0.05, 0) is 44.2 Å². The van der Waals surface area contributed by atoms with Gasteiger partial charge in [-0.3, -0.25) is 4.79 Å². The van der Waals surface area contributed by atoms with E-state index in [0.29, 0.717) is 5.56 Å². The summed E-state index contributed by atoms with van der Waals surface area (Å²) in [7, 11) is 3.44. The van der Waals surface area contributed by atoms with Crippen LogP contribution < -0.4 is 4.74 Å². The number of carbonyl (C=O) groups is 1. The van der Waals surface area contributed by atoms with Crippen molar-refractivity contribution in [3.8, 4) is 11.4 Å². The second-order valence-electron chi connectivity index (χ2n) is 6.37. The summed E-state index contributed by atoms with van der Waals surface area (Å²) >= 11 is 3.43. The Labute approximate surface area is 167 Å². The lowest BCUT2D eigenvalue weighted by atomic mass is 10.1. The fourth-order valence-corrected chi connectivity index (χ4v) is 3.31. The lowest BCUT2D eigenvalue weighted by molar-refractivity contribution is 0.0740. The SMILES string of the molecule is COc1ccccc1[C@@H](C)N(C)C(=O)c1cnn(-c2ccc(Br)cc2)c1C. The van der Waals surface area contributed by atoms with Crippen LogP contribution in [0.4, 0.5) is 0 Å².